The molecule has 2 N–H and O–H groups in total. The van der Waals surface area contributed by atoms with Gasteiger partial charge in [0.15, 0.2) is 0 Å². The molecule has 3 aliphatic rings. The minimum atomic E-state index is -0.251. The molecular weight excluding hydrogens is 268 g/mol. The Kier molecular flexibility index (Phi) is 4.52. The first-order valence-corrected chi connectivity index (χ1v) is 8.49. The van der Waals surface area contributed by atoms with Crippen molar-refractivity contribution in [1.82, 2.24) is 10.2 Å². The molecule has 1 aliphatic carbocycles. The number of likely N-dealkylation sites (tertiary alicyclic amines) is 1. The van der Waals surface area contributed by atoms with Crippen LogP contribution in [0.3, 0.4) is 0 Å². The van der Waals surface area contributed by atoms with Crippen molar-refractivity contribution in [3.05, 3.63) is 0 Å². The quantitative estimate of drug-likeness (QED) is 0.812. The van der Waals surface area contributed by atoms with Crippen LogP contribution in [0.15, 0.2) is 0 Å². The molecule has 1 saturated carbocycles. The topological polar surface area (TPSA) is 61.8 Å². The van der Waals surface area contributed by atoms with Gasteiger partial charge in [0.05, 0.1) is 18.2 Å². The van der Waals surface area contributed by atoms with Crippen LogP contribution >= 0.6 is 0 Å². The van der Waals surface area contributed by atoms with E-state index in [1.807, 2.05) is 11.8 Å². The number of carbonyl (C=O) groups is 1. The minimum Gasteiger partial charge on any atom is -0.392 e. The van der Waals surface area contributed by atoms with Crippen LogP contribution < -0.4 is 5.32 Å². The smallest absolute Gasteiger partial charge is 0.239 e. The van der Waals surface area contributed by atoms with Gasteiger partial charge >= 0.3 is 0 Å². The highest BCUT2D eigenvalue weighted by atomic mass is 16.5. The molecule has 2 aliphatic heterocycles. The first-order chi connectivity index (χ1) is 10.2. The summed E-state index contributed by atoms with van der Waals surface area (Å²) in [6, 6.07) is 0.0156. The van der Waals surface area contributed by atoms with Crippen molar-refractivity contribution in [3.8, 4) is 0 Å². The van der Waals surface area contributed by atoms with E-state index in [4.69, 9.17) is 4.74 Å². The summed E-state index contributed by atoms with van der Waals surface area (Å²) in [5.74, 6) is 0.256. The number of nitrogens with zero attached hydrogens (tertiary/aromatic N) is 1. The summed E-state index contributed by atoms with van der Waals surface area (Å²) < 4.78 is 5.78. The van der Waals surface area contributed by atoms with E-state index >= 15 is 0 Å². The van der Waals surface area contributed by atoms with Crippen molar-refractivity contribution in [2.75, 3.05) is 26.2 Å². The van der Waals surface area contributed by atoms with Crippen LogP contribution in [0.25, 0.3) is 0 Å². The Morgan fingerprint density at radius 1 is 1.38 bits per heavy atom. The molecule has 3 rings (SSSR count). The Morgan fingerprint density at radius 2 is 2.14 bits per heavy atom. The lowest BCUT2D eigenvalue weighted by Crippen LogP contribution is -2.63. The summed E-state index contributed by atoms with van der Waals surface area (Å²) in [7, 11) is 0. The van der Waals surface area contributed by atoms with Gasteiger partial charge < -0.3 is 20.1 Å². The summed E-state index contributed by atoms with van der Waals surface area (Å²) in [6.07, 6.45) is 5.72. The van der Waals surface area contributed by atoms with Crippen LogP contribution in [0, 0.1) is 5.41 Å². The van der Waals surface area contributed by atoms with Crippen molar-refractivity contribution >= 4 is 5.91 Å². The summed E-state index contributed by atoms with van der Waals surface area (Å²) in [4.78, 5) is 14.5. The maximum absolute atomic E-state index is 12.5. The number of hydrogen-bond acceptors (Lipinski definition) is 4. The Labute approximate surface area is 127 Å². The molecule has 2 heterocycles. The normalized spacial score (nSPS) is 35.5. The maximum atomic E-state index is 12.5. The van der Waals surface area contributed by atoms with E-state index in [-0.39, 0.29) is 29.6 Å². The summed E-state index contributed by atoms with van der Waals surface area (Å²) in [5.41, 5.74) is -0.0905. The second kappa shape index (κ2) is 6.23. The van der Waals surface area contributed by atoms with Gasteiger partial charge in [0.2, 0.25) is 5.91 Å². The molecular formula is C16H28N2O3. The third-order valence-corrected chi connectivity index (χ3v) is 5.72. The van der Waals surface area contributed by atoms with Crippen molar-refractivity contribution in [2.45, 2.75) is 63.7 Å². The molecule has 0 unspecified atom stereocenters. The number of rotatable bonds is 3. The van der Waals surface area contributed by atoms with E-state index in [1.54, 1.807) is 0 Å². The number of ether oxygens (including phenoxy) is 1. The Balaban J connectivity index is 1.56. The lowest BCUT2D eigenvalue weighted by atomic mass is 9.58. The molecule has 0 aromatic carbocycles. The average molecular weight is 296 g/mol. The first-order valence-electron chi connectivity index (χ1n) is 8.49. The Bertz CT molecular complexity index is 372. The van der Waals surface area contributed by atoms with E-state index in [9.17, 15) is 9.90 Å². The molecule has 3 fully saturated rings. The molecule has 5 nitrogen and oxygen atoms in total. The van der Waals surface area contributed by atoms with Gasteiger partial charge in [-0.3, -0.25) is 4.79 Å². The van der Waals surface area contributed by atoms with Crippen molar-refractivity contribution in [2.24, 2.45) is 5.41 Å². The Morgan fingerprint density at radius 3 is 2.71 bits per heavy atom. The molecule has 0 radical (unpaired) electrons. The van der Waals surface area contributed by atoms with Crippen LogP contribution in [0.4, 0.5) is 0 Å². The van der Waals surface area contributed by atoms with Gasteiger partial charge in [-0.1, -0.05) is 6.42 Å². The molecule has 1 spiro atoms. The number of amides is 1. The third kappa shape index (κ3) is 2.71. The lowest BCUT2D eigenvalue weighted by molar-refractivity contribution is -0.210. The summed E-state index contributed by atoms with van der Waals surface area (Å²) in [5, 5.41) is 13.5. The molecule has 0 aromatic heterocycles. The van der Waals surface area contributed by atoms with Crippen LogP contribution in [0.1, 0.15) is 45.4 Å². The molecule has 2 saturated heterocycles. The van der Waals surface area contributed by atoms with E-state index in [2.05, 4.69) is 5.32 Å². The second-order valence-electron chi connectivity index (χ2n) is 6.76. The predicted molar refractivity (Wildman–Crippen MR) is 79.9 cm³/mol. The van der Waals surface area contributed by atoms with Gasteiger partial charge in [0.1, 0.15) is 0 Å². The zero-order chi connectivity index (χ0) is 14.9. The lowest BCUT2D eigenvalue weighted by Gasteiger charge is -2.56. The van der Waals surface area contributed by atoms with Crippen LogP contribution in [-0.2, 0) is 9.53 Å². The van der Waals surface area contributed by atoms with Gasteiger partial charge in [-0.15, -0.1) is 0 Å². The zero-order valence-corrected chi connectivity index (χ0v) is 13.0. The van der Waals surface area contributed by atoms with Crippen molar-refractivity contribution < 1.29 is 14.6 Å². The summed E-state index contributed by atoms with van der Waals surface area (Å²) in [6.45, 7) is 5.19. The van der Waals surface area contributed by atoms with Crippen LogP contribution in [0.5, 0.6) is 0 Å². The van der Waals surface area contributed by atoms with Gasteiger partial charge in [0, 0.05) is 31.5 Å². The van der Waals surface area contributed by atoms with Gasteiger partial charge in [-0.05, 0) is 39.2 Å². The van der Waals surface area contributed by atoms with Crippen LogP contribution in [-0.4, -0.2) is 60.4 Å². The number of nitrogens with one attached hydrogen (secondary N) is 1. The molecule has 3 atom stereocenters. The average Bonchev–Trinajstić information content (AvgIpc) is 2.55. The molecule has 120 valence electrons. The fraction of sp³-hybridized carbons (Fsp3) is 0.938. The van der Waals surface area contributed by atoms with E-state index in [0.29, 0.717) is 6.61 Å². The second-order valence-corrected chi connectivity index (χ2v) is 6.76. The fourth-order valence-corrected chi connectivity index (χ4v) is 4.24. The highest BCUT2D eigenvalue weighted by Gasteiger charge is 2.56. The predicted octanol–water partition coefficient (Wildman–Crippen LogP) is 0.907. The standard InChI is InChI=1S/C16H28N2O3/c1-2-21-14-11-13(19)16(14)6-9-18(10-7-16)15(20)12-5-3-4-8-17-12/h12-14,17,19H,2-11H2,1H3/t12-,13+,14-/m1/s1. The maximum Gasteiger partial charge on any atom is 0.239 e. The van der Waals surface area contributed by atoms with E-state index in [1.165, 1.54) is 6.42 Å². The monoisotopic (exact) mass is 296 g/mol. The van der Waals surface area contributed by atoms with Gasteiger partial charge in [0.25, 0.3) is 0 Å². The van der Waals surface area contributed by atoms with Crippen molar-refractivity contribution in [1.29, 1.82) is 0 Å². The molecule has 1 amide bonds. The van der Waals surface area contributed by atoms with Gasteiger partial charge in [-0.25, -0.2) is 0 Å². The van der Waals surface area contributed by atoms with Crippen molar-refractivity contribution in [3.63, 3.8) is 0 Å². The van der Waals surface area contributed by atoms with Gasteiger partial charge in [-0.2, -0.15) is 0 Å². The molecule has 21 heavy (non-hydrogen) atoms. The third-order valence-electron chi connectivity index (χ3n) is 5.72. The highest BCUT2D eigenvalue weighted by Crippen LogP contribution is 2.51. The minimum absolute atomic E-state index is 0.0156. The highest BCUT2D eigenvalue weighted by molar-refractivity contribution is 5.82. The number of aliphatic hydroxyl groups is 1. The number of hydrogen-bond donors (Lipinski definition) is 2. The fourth-order valence-electron chi connectivity index (χ4n) is 4.24. The van der Waals surface area contributed by atoms with E-state index < -0.39 is 0 Å². The van der Waals surface area contributed by atoms with Crippen LogP contribution in [0.2, 0.25) is 0 Å². The SMILES string of the molecule is CCO[C@@H]1C[C@H](O)C12CCN(C(=O)[C@H]1CCCCN1)CC2. The molecule has 0 aromatic rings. The van der Waals surface area contributed by atoms with E-state index in [0.717, 1.165) is 51.7 Å². The Hall–Kier alpha value is -0.650. The zero-order valence-electron chi connectivity index (χ0n) is 13.0. The molecule has 0 bridgehead atoms. The number of aliphatic hydroxyl groups excluding tert-OH is 1. The number of piperidine rings is 2. The first kappa shape index (κ1) is 15.3. The summed E-state index contributed by atoms with van der Waals surface area (Å²) >= 11 is 0. The number of carbonyl (C=O) groups excluding carboxylic acids is 1. The molecule has 5 heteroatoms. The largest absolute Gasteiger partial charge is 0.392 e.